The highest BCUT2D eigenvalue weighted by atomic mass is 16.5. The van der Waals surface area contributed by atoms with Crippen molar-refractivity contribution in [1.82, 2.24) is 19.9 Å². The number of carbonyl (C=O) groups is 1. The normalized spacial score (nSPS) is 16.7. The minimum Gasteiger partial charge on any atom is -0.497 e. The lowest BCUT2D eigenvalue weighted by Crippen LogP contribution is -2.55. The molecular weight excluding hydrogens is 380 g/mol. The van der Waals surface area contributed by atoms with E-state index in [0.717, 1.165) is 54.5 Å². The molecule has 3 aromatic rings. The number of hydrogen-bond acceptors (Lipinski definition) is 6. The lowest BCUT2D eigenvalue weighted by Gasteiger charge is -2.42. The summed E-state index contributed by atoms with van der Waals surface area (Å²) in [7, 11) is 3.47. The summed E-state index contributed by atoms with van der Waals surface area (Å²) >= 11 is 0. The second kappa shape index (κ2) is 7.60. The summed E-state index contributed by atoms with van der Waals surface area (Å²) < 4.78 is 7.14. The van der Waals surface area contributed by atoms with Crippen LogP contribution >= 0.6 is 0 Å². The Hall–Kier alpha value is -3.13. The van der Waals surface area contributed by atoms with Gasteiger partial charge in [0.15, 0.2) is 5.65 Å². The van der Waals surface area contributed by atoms with Crippen molar-refractivity contribution < 1.29 is 9.53 Å². The second-order valence-corrected chi connectivity index (χ2v) is 7.91. The Kier molecular flexibility index (Phi) is 4.78. The molecule has 0 radical (unpaired) electrons. The van der Waals surface area contributed by atoms with Crippen LogP contribution in [0.5, 0.6) is 5.75 Å². The molecule has 0 atom stereocenters. The molecule has 8 heteroatoms. The molecule has 0 saturated carbocycles. The highest BCUT2D eigenvalue weighted by molar-refractivity contribution is 5.96. The van der Waals surface area contributed by atoms with Gasteiger partial charge in [0.1, 0.15) is 11.6 Å². The average Bonchev–Trinajstić information content (AvgIpc) is 3.08. The van der Waals surface area contributed by atoms with Crippen LogP contribution in [0.25, 0.3) is 5.65 Å². The fourth-order valence-corrected chi connectivity index (χ4v) is 4.35. The van der Waals surface area contributed by atoms with Crippen LogP contribution in [-0.2, 0) is 17.6 Å². The first-order valence-electron chi connectivity index (χ1n) is 10.4. The number of fused-ring (bicyclic) bond motifs is 2. The van der Waals surface area contributed by atoms with E-state index in [1.165, 1.54) is 5.56 Å². The summed E-state index contributed by atoms with van der Waals surface area (Å²) in [5.41, 5.74) is 4.15. The molecule has 156 valence electrons. The van der Waals surface area contributed by atoms with Gasteiger partial charge >= 0.3 is 0 Å². The predicted molar refractivity (Wildman–Crippen MR) is 115 cm³/mol. The number of hydrogen-bond donors (Lipinski definition) is 1. The topological polar surface area (TPSA) is 75.0 Å². The fraction of sp³-hybridized carbons (Fsp3) is 0.409. The molecule has 1 amide bonds. The van der Waals surface area contributed by atoms with Gasteiger partial charge in [0, 0.05) is 50.4 Å². The number of ether oxygens (including phenoxy) is 1. The zero-order valence-electron chi connectivity index (χ0n) is 17.3. The van der Waals surface area contributed by atoms with Gasteiger partial charge in [-0.25, -0.2) is 4.98 Å². The number of benzene rings is 1. The molecule has 8 nitrogen and oxygen atoms in total. The molecule has 5 rings (SSSR count). The van der Waals surface area contributed by atoms with Crippen LogP contribution < -0.4 is 19.9 Å². The van der Waals surface area contributed by atoms with Gasteiger partial charge in [0.05, 0.1) is 24.9 Å². The zero-order chi connectivity index (χ0) is 20.7. The van der Waals surface area contributed by atoms with Crippen molar-refractivity contribution in [2.24, 2.45) is 5.92 Å². The van der Waals surface area contributed by atoms with Crippen molar-refractivity contribution in [3.8, 4) is 5.75 Å². The third kappa shape index (κ3) is 3.17. The van der Waals surface area contributed by atoms with E-state index in [4.69, 9.17) is 9.72 Å². The predicted octanol–water partition coefficient (Wildman–Crippen LogP) is 1.53. The minimum absolute atomic E-state index is 0.0320. The van der Waals surface area contributed by atoms with Crippen LogP contribution in [0.1, 0.15) is 11.3 Å². The summed E-state index contributed by atoms with van der Waals surface area (Å²) in [6, 6.07) is 9.52. The summed E-state index contributed by atoms with van der Waals surface area (Å²) in [5.74, 6) is 1.98. The molecule has 1 saturated heterocycles. The first-order chi connectivity index (χ1) is 14.7. The number of rotatable bonds is 4. The molecule has 4 heterocycles. The zero-order valence-corrected chi connectivity index (χ0v) is 17.3. The van der Waals surface area contributed by atoms with E-state index in [0.29, 0.717) is 13.1 Å². The molecule has 2 aliphatic heterocycles. The van der Waals surface area contributed by atoms with Gasteiger partial charge in [0.2, 0.25) is 5.91 Å². The van der Waals surface area contributed by atoms with Crippen molar-refractivity contribution in [3.05, 3.63) is 47.8 Å². The van der Waals surface area contributed by atoms with E-state index in [1.807, 2.05) is 41.9 Å². The number of nitrogens with zero attached hydrogens (tertiary/aromatic N) is 5. The van der Waals surface area contributed by atoms with Crippen LogP contribution in [0, 0.1) is 5.92 Å². The Morgan fingerprint density at radius 2 is 1.93 bits per heavy atom. The Morgan fingerprint density at radius 1 is 1.17 bits per heavy atom. The van der Waals surface area contributed by atoms with Gasteiger partial charge in [-0.05, 0) is 37.2 Å². The maximum atomic E-state index is 13.0. The highest BCUT2D eigenvalue weighted by Gasteiger charge is 2.37. The Labute approximate surface area is 175 Å². The molecule has 0 aliphatic carbocycles. The first kappa shape index (κ1) is 18.9. The molecule has 0 bridgehead atoms. The third-order valence-electron chi connectivity index (χ3n) is 6.10. The van der Waals surface area contributed by atoms with Gasteiger partial charge in [-0.2, -0.15) is 9.61 Å². The van der Waals surface area contributed by atoms with Crippen molar-refractivity contribution in [1.29, 1.82) is 0 Å². The molecule has 0 spiro atoms. The smallest absolute Gasteiger partial charge is 0.233 e. The summed E-state index contributed by atoms with van der Waals surface area (Å²) in [6.07, 6.45) is 3.64. The lowest BCUT2D eigenvalue weighted by atomic mass is 9.96. The van der Waals surface area contributed by atoms with Crippen molar-refractivity contribution in [2.45, 2.75) is 12.8 Å². The number of aromatic nitrogens is 3. The summed E-state index contributed by atoms with van der Waals surface area (Å²) in [5, 5.41) is 7.97. The fourth-order valence-electron chi connectivity index (χ4n) is 4.35. The number of nitrogens with one attached hydrogen (secondary N) is 1. The third-order valence-corrected chi connectivity index (χ3v) is 6.10. The SMILES string of the molecule is COc1ccc(N(C)C(=O)C2CN(c3c4c(nc5ccnn35)CCNCC4)C2)cc1. The van der Waals surface area contributed by atoms with Gasteiger partial charge in [-0.3, -0.25) is 4.79 Å². The minimum atomic E-state index is -0.0320. The van der Waals surface area contributed by atoms with Gasteiger partial charge in [-0.15, -0.1) is 0 Å². The average molecular weight is 406 g/mol. The quantitative estimate of drug-likeness (QED) is 0.708. The largest absolute Gasteiger partial charge is 0.497 e. The summed E-state index contributed by atoms with van der Waals surface area (Å²) in [4.78, 5) is 21.9. The number of anilines is 2. The van der Waals surface area contributed by atoms with Crippen molar-refractivity contribution in [2.75, 3.05) is 50.1 Å². The van der Waals surface area contributed by atoms with Crippen LogP contribution in [0.15, 0.2) is 36.5 Å². The van der Waals surface area contributed by atoms with Gasteiger partial charge in [-0.1, -0.05) is 0 Å². The highest BCUT2D eigenvalue weighted by Crippen LogP contribution is 2.32. The molecule has 1 fully saturated rings. The van der Waals surface area contributed by atoms with E-state index < -0.39 is 0 Å². The Morgan fingerprint density at radius 3 is 2.70 bits per heavy atom. The molecule has 2 aromatic heterocycles. The molecular formula is C22H26N6O2. The molecule has 30 heavy (non-hydrogen) atoms. The monoisotopic (exact) mass is 406 g/mol. The van der Waals surface area contributed by atoms with E-state index in [1.54, 1.807) is 18.2 Å². The van der Waals surface area contributed by atoms with Crippen LogP contribution in [0.4, 0.5) is 11.5 Å². The molecule has 1 N–H and O–H groups in total. The van der Waals surface area contributed by atoms with Gasteiger partial charge < -0.3 is 19.9 Å². The van der Waals surface area contributed by atoms with Gasteiger partial charge in [0.25, 0.3) is 0 Å². The van der Waals surface area contributed by atoms with Crippen LogP contribution in [-0.4, -0.2) is 60.8 Å². The van der Waals surface area contributed by atoms with Crippen molar-refractivity contribution >= 4 is 23.1 Å². The number of carbonyl (C=O) groups excluding carboxylic acids is 1. The standard InChI is InChI=1S/C22H26N6O2/c1-26(16-3-5-17(30-2)6-4-16)22(29)15-13-27(14-15)21-18-7-10-23-11-8-19(18)25-20-9-12-24-28(20)21/h3-6,9,12,15,23H,7-8,10-11,13-14H2,1-2H3. The van der Waals surface area contributed by atoms with Crippen molar-refractivity contribution in [3.63, 3.8) is 0 Å². The first-order valence-corrected chi connectivity index (χ1v) is 10.4. The molecule has 0 unspecified atom stereocenters. The molecule has 1 aromatic carbocycles. The maximum absolute atomic E-state index is 13.0. The van der Waals surface area contributed by atoms with Crippen LogP contribution in [0.2, 0.25) is 0 Å². The van der Waals surface area contributed by atoms with E-state index in [9.17, 15) is 4.79 Å². The van der Waals surface area contributed by atoms with E-state index >= 15 is 0 Å². The number of methoxy groups -OCH3 is 1. The second-order valence-electron chi connectivity index (χ2n) is 7.91. The van der Waals surface area contributed by atoms with E-state index in [2.05, 4.69) is 15.3 Å². The van der Waals surface area contributed by atoms with Crippen LogP contribution in [0.3, 0.4) is 0 Å². The number of amides is 1. The van der Waals surface area contributed by atoms with E-state index in [-0.39, 0.29) is 11.8 Å². The lowest BCUT2D eigenvalue weighted by molar-refractivity contribution is -0.122. The Balaban J connectivity index is 1.36. The molecule has 2 aliphatic rings. The maximum Gasteiger partial charge on any atom is 0.233 e. The Bertz CT molecular complexity index is 1070. The summed E-state index contributed by atoms with van der Waals surface area (Å²) in [6.45, 7) is 3.26.